The molecule has 0 radical (unpaired) electrons. The van der Waals surface area contributed by atoms with Crippen LogP contribution in [0.15, 0.2) is 0 Å². The van der Waals surface area contributed by atoms with Gasteiger partial charge in [0, 0.05) is 16.8 Å². The minimum atomic E-state index is -0.706. The lowest BCUT2D eigenvalue weighted by Crippen LogP contribution is -2.58. The first-order valence-corrected chi connectivity index (χ1v) is 12.1. The van der Waals surface area contributed by atoms with Gasteiger partial charge in [-0.15, -0.1) is 11.8 Å². The third kappa shape index (κ3) is 4.10. The average molecular weight is 455 g/mol. The van der Waals surface area contributed by atoms with Crippen molar-refractivity contribution in [3.8, 4) is 0 Å². The Bertz CT molecular complexity index is 764. The molecule has 8 heteroatoms. The molecule has 7 nitrogen and oxygen atoms in total. The first-order valence-electron chi connectivity index (χ1n) is 11.3. The largest absolute Gasteiger partial charge is 0.466 e. The fraction of sp³-hybridized carbons (Fsp3) is 0.870. The predicted octanol–water partition coefficient (Wildman–Crippen LogP) is 2.35. The predicted molar refractivity (Wildman–Crippen MR) is 120 cm³/mol. The minimum Gasteiger partial charge on any atom is -0.466 e. The van der Waals surface area contributed by atoms with E-state index >= 15 is 0 Å². The number of hydrogen-bond acceptors (Lipinski definition) is 6. The fourth-order valence-electron chi connectivity index (χ4n) is 6.44. The van der Waals surface area contributed by atoms with Gasteiger partial charge < -0.3 is 20.1 Å². The number of aliphatic hydroxyl groups is 1. The number of rotatable bonds is 7. The van der Waals surface area contributed by atoms with Gasteiger partial charge in [-0.05, 0) is 52.4 Å². The molecule has 31 heavy (non-hydrogen) atoms. The smallest absolute Gasteiger partial charge is 0.311 e. The van der Waals surface area contributed by atoms with E-state index in [1.54, 1.807) is 18.7 Å². The van der Waals surface area contributed by atoms with E-state index in [9.17, 15) is 19.5 Å². The van der Waals surface area contributed by atoms with E-state index in [4.69, 9.17) is 4.74 Å². The Morgan fingerprint density at radius 2 is 1.90 bits per heavy atom. The number of thioether (sulfide) groups is 1. The summed E-state index contributed by atoms with van der Waals surface area (Å²) in [6, 6.07) is -0.706. The van der Waals surface area contributed by atoms with Gasteiger partial charge in [0.25, 0.3) is 0 Å². The van der Waals surface area contributed by atoms with Crippen LogP contribution in [0.3, 0.4) is 0 Å². The number of fused-ring (bicyclic) bond motifs is 1. The van der Waals surface area contributed by atoms with Gasteiger partial charge in [-0.2, -0.15) is 0 Å². The van der Waals surface area contributed by atoms with Crippen LogP contribution < -0.4 is 5.32 Å². The first-order chi connectivity index (χ1) is 14.2. The van der Waals surface area contributed by atoms with E-state index in [2.05, 4.69) is 26.1 Å². The van der Waals surface area contributed by atoms with Gasteiger partial charge in [0.1, 0.15) is 6.04 Å². The molecule has 3 aliphatic heterocycles. The molecule has 2 amide bonds. The van der Waals surface area contributed by atoms with Gasteiger partial charge in [0.2, 0.25) is 11.8 Å². The molecule has 1 spiro atoms. The van der Waals surface area contributed by atoms with Crippen molar-refractivity contribution in [2.75, 3.05) is 19.8 Å². The molecule has 3 heterocycles. The lowest BCUT2D eigenvalue weighted by Gasteiger charge is -2.38. The lowest BCUT2D eigenvalue weighted by atomic mass is 9.66. The number of amides is 2. The number of likely N-dealkylation sites (tertiary alicyclic amines) is 1. The number of nitrogens with one attached hydrogen (secondary N) is 1. The standard InChI is InChI=1S/C23H38N2O5S/c1-8-30-19(29)15-14-18(28)25(11-12-26)16(23(14)10-9-22(15,7)31-23)17(27)24-21(5,6)13-20(2,3)4/h14-16,26H,8-13H2,1-7H3,(H,24,27)/t14-,15+,16?,22-,23?/m0/s1. The Morgan fingerprint density at radius 3 is 2.45 bits per heavy atom. The quantitative estimate of drug-likeness (QED) is 0.574. The number of ether oxygens (including phenoxy) is 1. The van der Waals surface area contributed by atoms with Crippen LogP contribution in [-0.2, 0) is 19.1 Å². The topological polar surface area (TPSA) is 95.9 Å². The molecule has 0 saturated carbocycles. The Kier molecular flexibility index (Phi) is 6.24. The molecule has 0 aliphatic carbocycles. The highest BCUT2D eigenvalue weighted by molar-refractivity contribution is 8.02. The molecule has 3 saturated heterocycles. The zero-order valence-corrected chi connectivity index (χ0v) is 20.7. The van der Waals surface area contributed by atoms with Crippen molar-refractivity contribution in [1.29, 1.82) is 0 Å². The molecular formula is C23H38N2O5S. The fourth-order valence-corrected chi connectivity index (χ4v) is 8.78. The molecule has 2 bridgehead atoms. The van der Waals surface area contributed by atoms with Crippen LogP contribution in [0.2, 0.25) is 0 Å². The molecule has 176 valence electrons. The van der Waals surface area contributed by atoms with E-state index in [1.165, 1.54) is 4.90 Å². The van der Waals surface area contributed by atoms with Crippen molar-refractivity contribution in [1.82, 2.24) is 10.2 Å². The highest BCUT2D eigenvalue weighted by atomic mass is 32.2. The summed E-state index contributed by atoms with van der Waals surface area (Å²) in [5, 5.41) is 12.8. The van der Waals surface area contributed by atoms with Crippen molar-refractivity contribution < 1.29 is 24.2 Å². The number of esters is 1. The third-order valence-corrected chi connectivity index (χ3v) is 8.83. The van der Waals surface area contributed by atoms with Crippen molar-refractivity contribution >= 4 is 29.5 Å². The van der Waals surface area contributed by atoms with Crippen LogP contribution in [0.1, 0.15) is 67.7 Å². The lowest BCUT2D eigenvalue weighted by molar-refractivity contribution is -0.155. The molecule has 0 aromatic rings. The summed E-state index contributed by atoms with van der Waals surface area (Å²) in [5.74, 6) is -1.92. The van der Waals surface area contributed by atoms with Gasteiger partial charge in [-0.25, -0.2) is 0 Å². The summed E-state index contributed by atoms with van der Waals surface area (Å²) in [6.45, 7) is 14.3. The van der Waals surface area contributed by atoms with Gasteiger partial charge in [-0.1, -0.05) is 20.8 Å². The Morgan fingerprint density at radius 1 is 1.26 bits per heavy atom. The summed E-state index contributed by atoms with van der Waals surface area (Å²) in [4.78, 5) is 41.6. The van der Waals surface area contributed by atoms with Crippen LogP contribution in [0.4, 0.5) is 0 Å². The number of hydrogen-bond donors (Lipinski definition) is 2. The second kappa shape index (κ2) is 7.94. The maximum atomic E-state index is 13.7. The van der Waals surface area contributed by atoms with Crippen LogP contribution >= 0.6 is 11.8 Å². The zero-order chi connectivity index (χ0) is 23.4. The molecule has 0 aromatic carbocycles. The Labute approximate surface area is 190 Å². The second-order valence-corrected chi connectivity index (χ2v) is 13.2. The molecule has 0 aromatic heterocycles. The van der Waals surface area contributed by atoms with Crippen molar-refractivity contribution in [3.63, 3.8) is 0 Å². The molecule has 2 unspecified atom stereocenters. The molecule has 3 rings (SSSR count). The number of nitrogens with zero attached hydrogens (tertiary/aromatic N) is 1. The van der Waals surface area contributed by atoms with Crippen LogP contribution in [-0.4, -0.2) is 68.6 Å². The van der Waals surface area contributed by atoms with Crippen molar-refractivity contribution in [2.24, 2.45) is 17.3 Å². The number of carbonyl (C=O) groups excluding carboxylic acids is 3. The van der Waals surface area contributed by atoms with Crippen LogP contribution in [0.25, 0.3) is 0 Å². The van der Waals surface area contributed by atoms with Gasteiger partial charge in [-0.3, -0.25) is 14.4 Å². The number of β-amino-alcohol motifs (C(OH)–C–C–N with tert-alkyl or cyclic N) is 1. The van der Waals surface area contributed by atoms with Crippen LogP contribution in [0, 0.1) is 17.3 Å². The molecule has 3 aliphatic rings. The minimum absolute atomic E-state index is 0.0247. The third-order valence-electron chi connectivity index (χ3n) is 6.84. The maximum absolute atomic E-state index is 13.7. The molecule has 2 N–H and O–H groups in total. The first kappa shape index (κ1) is 24.4. The molecule has 3 fully saturated rings. The normalized spacial score (nSPS) is 34.8. The molecular weight excluding hydrogens is 416 g/mol. The SMILES string of the molecule is CCOC(=O)[C@H]1[C@H]2C(=O)N(CCO)C(C(=O)NC(C)(C)CC(C)(C)C)C23CC[C@]1(C)S3. The summed E-state index contributed by atoms with van der Waals surface area (Å²) in [6.07, 6.45) is 2.23. The summed E-state index contributed by atoms with van der Waals surface area (Å²) < 4.78 is 4.26. The highest BCUT2D eigenvalue weighted by Gasteiger charge is 2.77. The van der Waals surface area contributed by atoms with E-state index in [-0.39, 0.29) is 43.0 Å². The molecule has 5 atom stereocenters. The summed E-state index contributed by atoms with van der Waals surface area (Å²) in [7, 11) is 0. The Hall–Kier alpha value is -1.28. The summed E-state index contributed by atoms with van der Waals surface area (Å²) in [5.41, 5.74) is -0.430. The zero-order valence-electron chi connectivity index (χ0n) is 19.9. The number of carbonyl (C=O) groups is 3. The van der Waals surface area contributed by atoms with Gasteiger partial charge in [0.15, 0.2) is 0 Å². The van der Waals surface area contributed by atoms with E-state index in [1.807, 2.05) is 20.8 Å². The maximum Gasteiger partial charge on any atom is 0.311 e. The summed E-state index contributed by atoms with van der Waals surface area (Å²) >= 11 is 1.62. The van der Waals surface area contributed by atoms with E-state index < -0.39 is 32.9 Å². The van der Waals surface area contributed by atoms with Gasteiger partial charge in [0.05, 0.1) is 29.8 Å². The number of aliphatic hydroxyl groups excluding tert-OH is 1. The Balaban J connectivity index is 1.97. The second-order valence-electron chi connectivity index (χ2n) is 11.3. The van der Waals surface area contributed by atoms with E-state index in [0.29, 0.717) is 6.42 Å². The van der Waals surface area contributed by atoms with Crippen molar-refractivity contribution in [3.05, 3.63) is 0 Å². The van der Waals surface area contributed by atoms with E-state index in [0.717, 1.165) is 12.8 Å². The highest BCUT2D eigenvalue weighted by Crippen LogP contribution is 2.71. The average Bonchev–Trinajstić information content (AvgIpc) is 3.14. The van der Waals surface area contributed by atoms with Crippen molar-refractivity contribution in [2.45, 2.75) is 88.8 Å². The monoisotopic (exact) mass is 454 g/mol. The van der Waals surface area contributed by atoms with Gasteiger partial charge >= 0.3 is 5.97 Å². The van der Waals surface area contributed by atoms with Crippen LogP contribution in [0.5, 0.6) is 0 Å².